The first kappa shape index (κ1) is 15.4. The van der Waals surface area contributed by atoms with Crippen LogP contribution in [0.3, 0.4) is 0 Å². The average molecular weight is 312 g/mol. The largest absolute Gasteiger partial charge is 0.465 e. The van der Waals surface area contributed by atoms with Gasteiger partial charge in [0.2, 0.25) is 0 Å². The van der Waals surface area contributed by atoms with E-state index in [1.54, 1.807) is 23.1 Å². The fraction of sp³-hybridized carbons (Fsp3) is 0.429. The summed E-state index contributed by atoms with van der Waals surface area (Å²) in [7, 11) is 1.33. The minimum absolute atomic E-state index is 0.171. The zero-order valence-corrected chi connectivity index (χ0v) is 12.5. The molecule has 1 aliphatic heterocycles. The summed E-state index contributed by atoms with van der Waals surface area (Å²) < 4.78 is 4.76. The van der Waals surface area contributed by atoms with E-state index in [9.17, 15) is 9.59 Å². The predicted octanol–water partition coefficient (Wildman–Crippen LogP) is 2.08. The van der Waals surface area contributed by atoms with E-state index in [1.807, 2.05) is 0 Å². The molecule has 6 nitrogen and oxygen atoms in total. The van der Waals surface area contributed by atoms with Gasteiger partial charge in [-0.2, -0.15) is 0 Å². The second kappa shape index (κ2) is 6.67. The van der Waals surface area contributed by atoms with Crippen molar-refractivity contribution in [2.75, 3.05) is 25.5 Å². The fourth-order valence-corrected chi connectivity index (χ4v) is 2.56. The maximum absolute atomic E-state index is 11.8. The lowest BCUT2D eigenvalue weighted by Crippen LogP contribution is -2.44. The van der Waals surface area contributed by atoms with Crippen molar-refractivity contribution in [3.63, 3.8) is 0 Å². The highest BCUT2D eigenvalue weighted by Crippen LogP contribution is 2.24. The number of nitrogens with one attached hydrogen (secondary N) is 1. The Balaban J connectivity index is 2.07. The van der Waals surface area contributed by atoms with Gasteiger partial charge in [-0.05, 0) is 31.0 Å². The van der Waals surface area contributed by atoms with E-state index in [-0.39, 0.29) is 6.04 Å². The van der Waals surface area contributed by atoms with Crippen LogP contribution in [-0.4, -0.2) is 43.1 Å². The first-order valence-electron chi connectivity index (χ1n) is 6.70. The van der Waals surface area contributed by atoms with Gasteiger partial charge in [0.05, 0.1) is 12.7 Å². The van der Waals surface area contributed by atoms with Crippen molar-refractivity contribution in [3.8, 4) is 0 Å². The number of hydrogen-bond acceptors (Lipinski definition) is 4. The van der Waals surface area contributed by atoms with Crippen molar-refractivity contribution >= 4 is 29.3 Å². The number of piperidine rings is 1. The number of benzene rings is 1. The molecule has 114 valence electrons. The molecule has 1 aliphatic rings. The Morgan fingerprint density at radius 1 is 1.38 bits per heavy atom. The highest BCUT2D eigenvalue weighted by Gasteiger charge is 2.22. The number of esters is 1. The number of nitrogens with two attached hydrogens (primary N) is 1. The number of hydrogen-bond donors (Lipinski definition) is 2. The number of likely N-dealkylation sites (tertiary alicyclic amines) is 1. The molecule has 2 rings (SSSR count). The number of nitrogens with zero attached hydrogens (tertiary/aromatic N) is 1. The Kier molecular flexibility index (Phi) is 4.90. The SMILES string of the molecule is COC(=O)c1cc(Cl)ccc1NC1CCN(C(N)=O)CC1. The van der Waals surface area contributed by atoms with Gasteiger partial charge >= 0.3 is 12.0 Å². The molecule has 0 aliphatic carbocycles. The van der Waals surface area contributed by atoms with E-state index in [1.165, 1.54) is 7.11 Å². The predicted molar refractivity (Wildman–Crippen MR) is 80.6 cm³/mol. The molecule has 1 fully saturated rings. The summed E-state index contributed by atoms with van der Waals surface area (Å²) in [5.74, 6) is -0.436. The summed E-state index contributed by atoms with van der Waals surface area (Å²) >= 11 is 5.92. The van der Waals surface area contributed by atoms with Crippen LogP contribution in [-0.2, 0) is 4.74 Å². The number of carbonyl (C=O) groups excluding carboxylic acids is 2. The zero-order chi connectivity index (χ0) is 15.4. The molecule has 2 amide bonds. The normalized spacial score (nSPS) is 15.6. The number of amides is 2. The molecule has 7 heteroatoms. The monoisotopic (exact) mass is 311 g/mol. The van der Waals surface area contributed by atoms with Gasteiger partial charge < -0.3 is 20.7 Å². The number of ether oxygens (including phenoxy) is 1. The van der Waals surface area contributed by atoms with Crippen LogP contribution in [0.2, 0.25) is 5.02 Å². The summed E-state index contributed by atoms with van der Waals surface area (Å²) in [6.45, 7) is 1.21. The third kappa shape index (κ3) is 3.78. The summed E-state index contributed by atoms with van der Waals surface area (Å²) in [6.07, 6.45) is 1.54. The highest BCUT2D eigenvalue weighted by molar-refractivity contribution is 6.31. The van der Waals surface area contributed by atoms with Gasteiger partial charge in [-0.25, -0.2) is 9.59 Å². The summed E-state index contributed by atoms with van der Waals surface area (Å²) in [4.78, 5) is 24.5. The number of carbonyl (C=O) groups is 2. The fourth-order valence-electron chi connectivity index (χ4n) is 2.39. The first-order valence-corrected chi connectivity index (χ1v) is 7.08. The molecule has 0 atom stereocenters. The van der Waals surface area contributed by atoms with Crippen LogP contribution in [0.15, 0.2) is 18.2 Å². The second-order valence-corrected chi connectivity index (χ2v) is 5.36. The van der Waals surface area contributed by atoms with Crippen molar-refractivity contribution in [1.29, 1.82) is 0 Å². The van der Waals surface area contributed by atoms with Crippen molar-refractivity contribution < 1.29 is 14.3 Å². The Morgan fingerprint density at radius 3 is 2.62 bits per heavy atom. The van der Waals surface area contributed by atoms with Gasteiger partial charge in [0.1, 0.15) is 0 Å². The Hall–Kier alpha value is -1.95. The van der Waals surface area contributed by atoms with Crippen molar-refractivity contribution in [2.24, 2.45) is 5.73 Å². The topological polar surface area (TPSA) is 84.7 Å². The minimum Gasteiger partial charge on any atom is -0.465 e. The molecule has 0 saturated carbocycles. The molecule has 1 aromatic rings. The summed E-state index contributed by atoms with van der Waals surface area (Å²) in [5, 5.41) is 3.79. The molecular formula is C14H18ClN3O3. The Bertz CT molecular complexity index is 542. The van der Waals surface area contributed by atoms with Crippen LogP contribution in [0.25, 0.3) is 0 Å². The number of anilines is 1. The lowest BCUT2D eigenvalue weighted by atomic mass is 10.0. The van der Waals surface area contributed by atoms with E-state index < -0.39 is 12.0 Å². The molecule has 21 heavy (non-hydrogen) atoms. The molecule has 0 unspecified atom stereocenters. The molecule has 3 N–H and O–H groups in total. The summed E-state index contributed by atoms with van der Waals surface area (Å²) in [5.41, 5.74) is 6.34. The van der Waals surface area contributed by atoms with Gasteiger partial charge in [0, 0.05) is 29.8 Å². The van der Waals surface area contributed by atoms with Gasteiger partial charge in [0.15, 0.2) is 0 Å². The van der Waals surface area contributed by atoms with Gasteiger partial charge in [0.25, 0.3) is 0 Å². The molecule has 1 aromatic carbocycles. The maximum atomic E-state index is 11.8. The number of methoxy groups -OCH3 is 1. The molecular weight excluding hydrogens is 294 g/mol. The van der Waals surface area contributed by atoms with Crippen LogP contribution in [0.1, 0.15) is 23.2 Å². The second-order valence-electron chi connectivity index (χ2n) is 4.93. The highest BCUT2D eigenvalue weighted by atomic mass is 35.5. The molecule has 0 radical (unpaired) electrons. The van der Waals surface area contributed by atoms with E-state index >= 15 is 0 Å². The zero-order valence-electron chi connectivity index (χ0n) is 11.8. The number of primary amides is 1. The van der Waals surface area contributed by atoms with E-state index in [2.05, 4.69) is 5.32 Å². The van der Waals surface area contributed by atoms with Crippen LogP contribution in [0, 0.1) is 0 Å². The van der Waals surface area contributed by atoms with Crippen molar-refractivity contribution in [2.45, 2.75) is 18.9 Å². The molecule has 0 spiro atoms. The van der Waals surface area contributed by atoms with Gasteiger partial charge in [-0.1, -0.05) is 11.6 Å². The minimum atomic E-state index is -0.436. The Morgan fingerprint density at radius 2 is 2.05 bits per heavy atom. The quantitative estimate of drug-likeness (QED) is 0.837. The lowest BCUT2D eigenvalue weighted by molar-refractivity contribution is 0.0601. The Labute approximate surface area is 128 Å². The standard InChI is InChI=1S/C14H18ClN3O3/c1-21-13(19)11-8-9(15)2-3-12(11)17-10-4-6-18(7-5-10)14(16)20/h2-3,8,10,17H,4-7H2,1H3,(H2,16,20). The first-order chi connectivity index (χ1) is 10.0. The van der Waals surface area contributed by atoms with Crippen molar-refractivity contribution in [1.82, 2.24) is 4.90 Å². The molecule has 0 bridgehead atoms. The van der Waals surface area contributed by atoms with Gasteiger partial charge in [-0.3, -0.25) is 0 Å². The number of urea groups is 1. The lowest BCUT2D eigenvalue weighted by Gasteiger charge is -2.32. The van der Waals surface area contributed by atoms with E-state index in [0.29, 0.717) is 29.4 Å². The van der Waals surface area contributed by atoms with Crippen LogP contribution < -0.4 is 11.1 Å². The van der Waals surface area contributed by atoms with Crippen LogP contribution >= 0.6 is 11.6 Å². The molecule has 0 aromatic heterocycles. The van der Waals surface area contributed by atoms with E-state index in [0.717, 1.165) is 12.8 Å². The van der Waals surface area contributed by atoms with E-state index in [4.69, 9.17) is 22.1 Å². The third-order valence-electron chi connectivity index (χ3n) is 3.55. The third-order valence-corrected chi connectivity index (χ3v) is 3.79. The molecule has 1 saturated heterocycles. The average Bonchev–Trinajstić information content (AvgIpc) is 2.48. The van der Waals surface area contributed by atoms with Crippen LogP contribution in [0.4, 0.5) is 10.5 Å². The molecule has 1 heterocycles. The number of rotatable bonds is 3. The smallest absolute Gasteiger partial charge is 0.340 e. The number of halogens is 1. The summed E-state index contributed by atoms with van der Waals surface area (Å²) in [6, 6.07) is 4.83. The maximum Gasteiger partial charge on any atom is 0.340 e. The van der Waals surface area contributed by atoms with Gasteiger partial charge in [-0.15, -0.1) is 0 Å². The van der Waals surface area contributed by atoms with Crippen LogP contribution in [0.5, 0.6) is 0 Å². The van der Waals surface area contributed by atoms with Crippen molar-refractivity contribution in [3.05, 3.63) is 28.8 Å².